The van der Waals surface area contributed by atoms with Gasteiger partial charge in [0.1, 0.15) is 0 Å². The van der Waals surface area contributed by atoms with Crippen molar-refractivity contribution in [3.63, 3.8) is 0 Å². The van der Waals surface area contributed by atoms with Crippen LogP contribution in [0.25, 0.3) is 0 Å². The molecular formula is C14H20ClNO. The third kappa shape index (κ3) is 3.74. The standard InChI is InChI=1S/C14H20ClNO/c1-4-16(9-5-8-15)14(17)13-10-11(2)6-7-12(13)3/h6-7,10H,4-5,8-9H2,1-3H3. The third-order valence-corrected chi connectivity index (χ3v) is 3.12. The van der Waals surface area contributed by atoms with Gasteiger partial charge in [0.25, 0.3) is 5.91 Å². The van der Waals surface area contributed by atoms with Gasteiger partial charge in [0.2, 0.25) is 0 Å². The number of hydrogen-bond acceptors (Lipinski definition) is 1. The fourth-order valence-corrected chi connectivity index (χ4v) is 1.91. The minimum atomic E-state index is 0.110. The Kier molecular flexibility index (Phi) is 5.49. The predicted molar refractivity (Wildman–Crippen MR) is 72.8 cm³/mol. The number of carbonyl (C=O) groups excluding carboxylic acids is 1. The molecule has 0 unspecified atom stereocenters. The van der Waals surface area contributed by atoms with Gasteiger partial charge in [0.15, 0.2) is 0 Å². The molecule has 94 valence electrons. The van der Waals surface area contributed by atoms with Crippen LogP contribution in [0.3, 0.4) is 0 Å². The zero-order valence-electron chi connectivity index (χ0n) is 10.8. The van der Waals surface area contributed by atoms with E-state index < -0.39 is 0 Å². The fourth-order valence-electron chi connectivity index (χ4n) is 1.79. The normalized spacial score (nSPS) is 10.4. The van der Waals surface area contributed by atoms with E-state index in [9.17, 15) is 4.79 Å². The number of aryl methyl sites for hydroxylation is 2. The van der Waals surface area contributed by atoms with Crippen LogP contribution in [-0.2, 0) is 0 Å². The van der Waals surface area contributed by atoms with Crippen molar-refractivity contribution in [1.29, 1.82) is 0 Å². The smallest absolute Gasteiger partial charge is 0.254 e. The molecule has 0 fully saturated rings. The molecule has 1 rings (SSSR count). The van der Waals surface area contributed by atoms with Crippen LogP contribution in [0.1, 0.15) is 34.8 Å². The molecule has 0 bridgehead atoms. The maximum absolute atomic E-state index is 12.3. The fraction of sp³-hybridized carbons (Fsp3) is 0.500. The highest BCUT2D eigenvalue weighted by molar-refractivity contribution is 6.17. The van der Waals surface area contributed by atoms with Gasteiger partial charge in [0.05, 0.1) is 0 Å². The summed E-state index contributed by atoms with van der Waals surface area (Å²) in [7, 11) is 0. The maximum atomic E-state index is 12.3. The molecule has 1 aromatic rings. The Labute approximate surface area is 109 Å². The average Bonchev–Trinajstić information content (AvgIpc) is 2.33. The number of halogens is 1. The highest BCUT2D eigenvalue weighted by Gasteiger charge is 2.15. The number of hydrogen-bond donors (Lipinski definition) is 0. The molecule has 0 aliphatic carbocycles. The summed E-state index contributed by atoms with van der Waals surface area (Å²) >= 11 is 5.67. The highest BCUT2D eigenvalue weighted by atomic mass is 35.5. The van der Waals surface area contributed by atoms with Crippen LogP contribution >= 0.6 is 11.6 Å². The molecule has 0 aliphatic heterocycles. The summed E-state index contributed by atoms with van der Waals surface area (Å²) in [5, 5.41) is 0. The average molecular weight is 254 g/mol. The molecule has 2 nitrogen and oxygen atoms in total. The van der Waals surface area contributed by atoms with E-state index in [0.717, 1.165) is 36.2 Å². The molecule has 0 aromatic heterocycles. The molecule has 0 aliphatic rings. The topological polar surface area (TPSA) is 20.3 Å². The zero-order valence-corrected chi connectivity index (χ0v) is 11.5. The van der Waals surface area contributed by atoms with E-state index in [1.54, 1.807) is 0 Å². The van der Waals surface area contributed by atoms with Crippen LogP contribution in [0.4, 0.5) is 0 Å². The molecule has 0 N–H and O–H groups in total. The van der Waals surface area contributed by atoms with Gasteiger partial charge >= 0.3 is 0 Å². The largest absolute Gasteiger partial charge is 0.339 e. The molecule has 0 saturated carbocycles. The number of amides is 1. The summed E-state index contributed by atoms with van der Waals surface area (Å²) in [4.78, 5) is 14.2. The van der Waals surface area contributed by atoms with Crippen LogP contribution in [0, 0.1) is 13.8 Å². The first-order chi connectivity index (χ1) is 8.10. The number of carbonyl (C=O) groups is 1. The molecule has 0 saturated heterocycles. The lowest BCUT2D eigenvalue weighted by Gasteiger charge is -2.21. The Balaban J connectivity index is 2.89. The van der Waals surface area contributed by atoms with Gasteiger partial charge in [-0.2, -0.15) is 0 Å². The molecule has 0 heterocycles. The number of rotatable bonds is 5. The van der Waals surface area contributed by atoms with Gasteiger partial charge in [-0.1, -0.05) is 17.7 Å². The lowest BCUT2D eigenvalue weighted by Crippen LogP contribution is -2.32. The summed E-state index contributed by atoms with van der Waals surface area (Å²) in [6.45, 7) is 7.43. The van der Waals surface area contributed by atoms with E-state index in [1.807, 2.05) is 43.9 Å². The zero-order chi connectivity index (χ0) is 12.8. The molecule has 3 heteroatoms. The molecule has 0 spiro atoms. The van der Waals surface area contributed by atoms with E-state index in [2.05, 4.69) is 0 Å². The van der Waals surface area contributed by atoms with Gasteiger partial charge in [-0.25, -0.2) is 0 Å². The first-order valence-corrected chi connectivity index (χ1v) is 6.56. The van der Waals surface area contributed by atoms with Crippen molar-refractivity contribution >= 4 is 17.5 Å². The number of nitrogens with zero attached hydrogens (tertiary/aromatic N) is 1. The summed E-state index contributed by atoms with van der Waals surface area (Å²) in [5.41, 5.74) is 2.96. The third-order valence-electron chi connectivity index (χ3n) is 2.85. The maximum Gasteiger partial charge on any atom is 0.254 e. The first-order valence-electron chi connectivity index (χ1n) is 6.02. The second-order valence-electron chi connectivity index (χ2n) is 4.25. The van der Waals surface area contributed by atoms with Crippen LogP contribution < -0.4 is 0 Å². The summed E-state index contributed by atoms with van der Waals surface area (Å²) in [6, 6.07) is 5.99. The second-order valence-corrected chi connectivity index (χ2v) is 4.62. The Morgan fingerprint density at radius 3 is 2.65 bits per heavy atom. The summed E-state index contributed by atoms with van der Waals surface area (Å²) < 4.78 is 0. The first kappa shape index (κ1) is 14.0. The summed E-state index contributed by atoms with van der Waals surface area (Å²) in [6.07, 6.45) is 0.839. The molecule has 0 radical (unpaired) electrons. The van der Waals surface area contributed by atoms with Gasteiger partial charge in [0, 0.05) is 24.5 Å². The van der Waals surface area contributed by atoms with E-state index in [4.69, 9.17) is 11.6 Å². The van der Waals surface area contributed by atoms with Crippen LogP contribution in [0.5, 0.6) is 0 Å². The Morgan fingerprint density at radius 1 is 1.35 bits per heavy atom. The van der Waals surface area contributed by atoms with Crippen molar-refractivity contribution in [2.24, 2.45) is 0 Å². The number of alkyl halides is 1. The van der Waals surface area contributed by atoms with Crippen molar-refractivity contribution in [2.75, 3.05) is 19.0 Å². The minimum absolute atomic E-state index is 0.110. The lowest BCUT2D eigenvalue weighted by molar-refractivity contribution is 0.0764. The monoisotopic (exact) mass is 253 g/mol. The lowest BCUT2D eigenvalue weighted by atomic mass is 10.0. The van der Waals surface area contributed by atoms with Crippen molar-refractivity contribution in [3.05, 3.63) is 34.9 Å². The number of benzene rings is 1. The minimum Gasteiger partial charge on any atom is -0.339 e. The Morgan fingerprint density at radius 2 is 2.06 bits per heavy atom. The van der Waals surface area contributed by atoms with Crippen LogP contribution in [-0.4, -0.2) is 29.8 Å². The van der Waals surface area contributed by atoms with Crippen LogP contribution in [0.15, 0.2) is 18.2 Å². The SMILES string of the molecule is CCN(CCCCl)C(=O)c1cc(C)ccc1C. The van der Waals surface area contributed by atoms with E-state index in [1.165, 1.54) is 0 Å². The molecule has 1 aromatic carbocycles. The van der Waals surface area contributed by atoms with Crippen molar-refractivity contribution in [1.82, 2.24) is 4.90 Å². The van der Waals surface area contributed by atoms with Crippen molar-refractivity contribution < 1.29 is 4.79 Å². The van der Waals surface area contributed by atoms with E-state index in [0.29, 0.717) is 5.88 Å². The molecule has 1 amide bonds. The second kappa shape index (κ2) is 6.65. The van der Waals surface area contributed by atoms with Gasteiger partial charge in [-0.05, 0) is 38.8 Å². The van der Waals surface area contributed by atoms with E-state index in [-0.39, 0.29) is 5.91 Å². The van der Waals surface area contributed by atoms with Crippen molar-refractivity contribution in [2.45, 2.75) is 27.2 Å². The van der Waals surface area contributed by atoms with Gasteiger partial charge in [-0.15, -0.1) is 11.6 Å². The van der Waals surface area contributed by atoms with Crippen LogP contribution in [0.2, 0.25) is 0 Å². The molecule has 17 heavy (non-hydrogen) atoms. The van der Waals surface area contributed by atoms with Gasteiger partial charge in [-0.3, -0.25) is 4.79 Å². The molecular weight excluding hydrogens is 234 g/mol. The Hall–Kier alpha value is -1.02. The van der Waals surface area contributed by atoms with E-state index >= 15 is 0 Å². The highest BCUT2D eigenvalue weighted by Crippen LogP contribution is 2.13. The quantitative estimate of drug-likeness (QED) is 0.737. The summed E-state index contributed by atoms with van der Waals surface area (Å²) in [5.74, 6) is 0.704. The Bertz CT molecular complexity index is 390. The van der Waals surface area contributed by atoms with Gasteiger partial charge < -0.3 is 4.90 Å². The predicted octanol–water partition coefficient (Wildman–Crippen LogP) is 3.39. The molecule has 0 atom stereocenters. The van der Waals surface area contributed by atoms with Crippen molar-refractivity contribution in [3.8, 4) is 0 Å².